The van der Waals surface area contributed by atoms with Crippen molar-refractivity contribution in [3.63, 3.8) is 0 Å². The van der Waals surface area contributed by atoms with Crippen LogP contribution in [0.15, 0.2) is 23.6 Å². The Hall–Kier alpha value is -1.72. The fourth-order valence-electron chi connectivity index (χ4n) is 2.52. The summed E-state index contributed by atoms with van der Waals surface area (Å²) < 4.78 is 0. The molecule has 0 saturated heterocycles. The lowest BCUT2D eigenvalue weighted by atomic mass is 10.1. The number of carbonyl (C=O) groups is 1. The van der Waals surface area contributed by atoms with Crippen molar-refractivity contribution in [3.05, 3.63) is 46.0 Å². The van der Waals surface area contributed by atoms with Crippen molar-refractivity contribution in [2.75, 3.05) is 5.32 Å². The first kappa shape index (κ1) is 12.1. The molecule has 0 radical (unpaired) electrons. The van der Waals surface area contributed by atoms with Crippen LogP contribution >= 0.6 is 11.3 Å². The van der Waals surface area contributed by atoms with Crippen LogP contribution in [0.25, 0.3) is 0 Å². The lowest BCUT2D eigenvalue weighted by molar-refractivity contribution is 0.102. The van der Waals surface area contributed by atoms with Gasteiger partial charge in [0, 0.05) is 30.0 Å². The second-order valence-corrected chi connectivity index (χ2v) is 6.25. The van der Waals surface area contributed by atoms with Gasteiger partial charge in [-0.15, -0.1) is 11.3 Å². The minimum atomic E-state index is -0.0728. The lowest BCUT2D eigenvalue weighted by Gasteiger charge is -2.04. The molecular formula is C15H15N3OS. The molecular weight excluding hydrogens is 270 g/mol. The number of nitrogens with one attached hydrogen (secondary N) is 2. The van der Waals surface area contributed by atoms with Crippen LogP contribution in [-0.2, 0) is 13.1 Å². The normalized spacial score (nSPS) is 17.0. The van der Waals surface area contributed by atoms with E-state index < -0.39 is 0 Å². The van der Waals surface area contributed by atoms with Crippen molar-refractivity contribution < 1.29 is 4.79 Å². The van der Waals surface area contributed by atoms with E-state index in [4.69, 9.17) is 0 Å². The van der Waals surface area contributed by atoms with Gasteiger partial charge in [0.25, 0.3) is 5.91 Å². The molecule has 4 nitrogen and oxygen atoms in total. The number of thiazole rings is 1. The Kier molecular flexibility index (Phi) is 2.82. The van der Waals surface area contributed by atoms with Crippen LogP contribution in [0.5, 0.6) is 0 Å². The zero-order valence-electron chi connectivity index (χ0n) is 11.0. The van der Waals surface area contributed by atoms with Crippen molar-refractivity contribution >= 4 is 22.4 Å². The maximum Gasteiger partial charge on any atom is 0.257 e. The monoisotopic (exact) mass is 285 g/mol. The molecule has 0 atom stereocenters. The van der Waals surface area contributed by atoms with Crippen molar-refractivity contribution in [1.82, 2.24) is 10.3 Å². The van der Waals surface area contributed by atoms with Gasteiger partial charge >= 0.3 is 0 Å². The van der Waals surface area contributed by atoms with Gasteiger partial charge in [-0.1, -0.05) is 6.07 Å². The zero-order chi connectivity index (χ0) is 13.5. The van der Waals surface area contributed by atoms with Gasteiger partial charge in [-0.25, -0.2) is 4.98 Å². The highest BCUT2D eigenvalue weighted by Gasteiger charge is 2.26. The van der Waals surface area contributed by atoms with Crippen LogP contribution in [0.3, 0.4) is 0 Å². The van der Waals surface area contributed by atoms with Crippen LogP contribution in [0.4, 0.5) is 5.13 Å². The lowest BCUT2D eigenvalue weighted by Crippen LogP contribution is -2.12. The number of aromatic nitrogens is 1. The van der Waals surface area contributed by atoms with E-state index in [1.54, 1.807) is 0 Å². The minimum Gasteiger partial charge on any atom is -0.309 e. The summed E-state index contributed by atoms with van der Waals surface area (Å²) in [7, 11) is 0. The average molecular weight is 285 g/mol. The van der Waals surface area contributed by atoms with Crippen LogP contribution in [-0.4, -0.2) is 10.9 Å². The summed E-state index contributed by atoms with van der Waals surface area (Å²) >= 11 is 1.51. The molecule has 2 aliphatic rings. The molecule has 102 valence electrons. The van der Waals surface area contributed by atoms with Crippen LogP contribution < -0.4 is 10.6 Å². The molecule has 2 aromatic rings. The predicted molar refractivity (Wildman–Crippen MR) is 79.0 cm³/mol. The Morgan fingerprint density at radius 3 is 3.00 bits per heavy atom. The number of benzene rings is 1. The quantitative estimate of drug-likeness (QED) is 0.911. The van der Waals surface area contributed by atoms with Crippen molar-refractivity contribution in [3.8, 4) is 0 Å². The van der Waals surface area contributed by atoms with Gasteiger partial charge in [-0.2, -0.15) is 0 Å². The Balaban J connectivity index is 1.51. The number of hydrogen-bond acceptors (Lipinski definition) is 4. The maximum atomic E-state index is 12.2. The molecule has 1 saturated carbocycles. The first-order chi connectivity index (χ1) is 9.79. The number of carbonyl (C=O) groups excluding carboxylic acids is 1. The van der Waals surface area contributed by atoms with Gasteiger partial charge in [0.1, 0.15) is 0 Å². The van der Waals surface area contributed by atoms with Gasteiger partial charge in [-0.3, -0.25) is 10.1 Å². The Morgan fingerprint density at radius 1 is 1.30 bits per heavy atom. The standard InChI is InChI=1S/C15H15N3OS/c19-14(10-3-4-11-6-16-7-12(11)5-10)18-15-17-13(8-20-15)9-1-2-9/h3-5,8-9,16H,1-2,6-7H2,(H,17,18,19). The van der Waals surface area contributed by atoms with E-state index in [2.05, 4.69) is 21.0 Å². The van der Waals surface area contributed by atoms with Gasteiger partial charge < -0.3 is 5.32 Å². The Bertz CT molecular complexity index is 676. The fourth-order valence-corrected chi connectivity index (χ4v) is 3.30. The second-order valence-electron chi connectivity index (χ2n) is 5.39. The van der Waals surface area contributed by atoms with Crippen molar-refractivity contribution in [2.45, 2.75) is 31.8 Å². The van der Waals surface area contributed by atoms with Crippen LogP contribution in [0, 0.1) is 0 Å². The first-order valence-electron chi connectivity index (χ1n) is 6.89. The molecule has 1 amide bonds. The molecule has 0 spiro atoms. The van der Waals surface area contributed by atoms with Gasteiger partial charge in [0.15, 0.2) is 5.13 Å². The average Bonchev–Trinajstić information content (AvgIpc) is 3.02. The largest absolute Gasteiger partial charge is 0.309 e. The summed E-state index contributed by atoms with van der Waals surface area (Å²) in [5.74, 6) is 0.555. The molecule has 1 aliphatic carbocycles. The number of nitrogens with zero attached hydrogens (tertiary/aromatic N) is 1. The molecule has 2 heterocycles. The van der Waals surface area contributed by atoms with E-state index in [0.717, 1.165) is 18.8 Å². The summed E-state index contributed by atoms with van der Waals surface area (Å²) in [4.78, 5) is 16.7. The van der Waals surface area contributed by atoms with E-state index >= 15 is 0 Å². The topological polar surface area (TPSA) is 54.0 Å². The highest BCUT2D eigenvalue weighted by atomic mass is 32.1. The van der Waals surface area contributed by atoms with Crippen LogP contribution in [0.2, 0.25) is 0 Å². The highest BCUT2D eigenvalue weighted by Crippen LogP contribution is 2.40. The zero-order valence-corrected chi connectivity index (χ0v) is 11.8. The van der Waals surface area contributed by atoms with E-state index in [9.17, 15) is 4.79 Å². The summed E-state index contributed by atoms with van der Waals surface area (Å²) in [5, 5.41) is 8.94. The molecule has 5 heteroatoms. The number of hydrogen-bond donors (Lipinski definition) is 2. The summed E-state index contributed by atoms with van der Waals surface area (Å²) in [6.45, 7) is 1.74. The SMILES string of the molecule is O=C(Nc1nc(C2CC2)cs1)c1ccc2c(c1)CNC2. The third kappa shape index (κ3) is 2.23. The summed E-state index contributed by atoms with van der Waals surface area (Å²) in [6, 6.07) is 5.89. The van der Waals surface area contributed by atoms with Crippen molar-refractivity contribution in [2.24, 2.45) is 0 Å². The number of anilines is 1. The van der Waals surface area contributed by atoms with Gasteiger partial charge in [0.2, 0.25) is 0 Å². The third-order valence-electron chi connectivity index (χ3n) is 3.84. The molecule has 0 unspecified atom stereocenters. The predicted octanol–water partition coefficient (Wildman–Crippen LogP) is 2.88. The van der Waals surface area contributed by atoms with E-state index in [-0.39, 0.29) is 5.91 Å². The Morgan fingerprint density at radius 2 is 2.15 bits per heavy atom. The molecule has 1 aromatic heterocycles. The maximum absolute atomic E-state index is 12.2. The van der Waals surface area contributed by atoms with E-state index in [1.807, 2.05) is 18.2 Å². The second kappa shape index (κ2) is 4.68. The van der Waals surface area contributed by atoms with Crippen molar-refractivity contribution in [1.29, 1.82) is 0 Å². The molecule has 4 rings (SSSR count). The molecule has 20 heavy (non-hydrogen) atoms. The van der Waals surface area contributed by atoms with E-state index in [1.165, 1.54) is 35.3 Å². The summed E-state index contributed by atoms with van der Waals surface area (Å²) in [5.41, 5.74) is 4.33. The Labute approximate surface area is 121 Å². The van der Waals surface area contributed by atoms with Crippen LogP contribution in [0.1, 0.15) is 45.9 Å². The number of fused-ring (bicyclic) bond motifs is 1. The summed E-state index contributed by atoms with van der Waals surface area (Å²) in [6.07, 6.45) is 2.46. The molecule has 1 aromatic carbocycles. The first-order valence-corrected chi connectivity index (χ1v) is 7.77. The third-order valence-corrected chi connectivity index (χ3v) is 4.61. The number of rotatable bonds is 3. The van der Waals surface area contributed by atoms with E-state index in [0.29, 0.717) is 16.6 Å². The molecule has 0 bridgehead atoms. The highest BCUT2D eigenvalue weighted by molar-refractivity contribution is 7.14. The van der Waals surface area contributed by atoms with Gasteiger partial charge in [-0.05, 0) is 36.1 Å². The molecule has 2 N–H and O–H groups in total. The van der Waals surface area contributed by atoms with Gasteiger partial charge in [0.05, 0.1) is 5.69 Å². The fraction of sp³-hybridized carbons (Fsp3) is 0.333. The minimum absolute atomic E-state index is 0.0728. The molecule has 1 aliphatic heterocycles. The molecule has 1 fully saturated rings. The number of amides is 1. The smallest absolute Gasteiger partial charge is 0.257 e.